The van der Waals surface area contributed by atoms with Gasteiger partial charge in [-0.05, 0) is 24.3 Å². The van der Waals surface area contributed by atoms with Gasteiger partial charge < -0.3 is 10.4 Å². The molecule has 0 saturated heterocycles. The molecule has 2 N–H and O–H groups in total. The number of nitrogens with zero attached hydrogens (tertiary/aromatic N) is 1. The van der Waals surface area contributed by atoms with Crippen molar-refractivity contribution < 1.29 is 14.7 Å². The minimum absolute atomic E-state index is 0.178. The van der Waals surface area contributed by atoms with Crippen molar-refractivity contribution in [2.45, 2.75) is 6.54 Å². The van der Waals surface area contributed by atoms with Crippen LogP contribution in [0.3, 0.4) is 0 Å². The van der Waals surface area contributed by atoms with Crippen LogP contribution in [0.5, 0.6) is 0 Å². The third-order valence-electron chi connectivity index (χ3n) is 2.51. The Kier molecular flexibility index (Phi) is 5.08. The van der Waals surface area contributed by atoms with Crippen LogP contribution >= 0.6 is 22.9 Å². The number of nitrogens with one attached hydrogen (secondary N) is 1. The maximum absolute atomic E-state index is 12.1. The van der Waals surface area contributed by atoms with Gasteiger partial charge in [0.05, 0.1) is 10.9 Å². The monoisotopic (exact) mass is 322 g/mol. The normalized spacial score (nSPS) is 10.7. The molecular formula is C14H11ClN2O3S. The van der Waals surface area contributed by atoms with Crippen molar-refractivity contribution in [3.8, 4) is 0 Å². The predicted molar refractivity (Wildman–Crippen MR) is 81.4 cm³/mol. The smallest absolute Gasteiger partial charge is 0.328 e. The van der Waals surface area contributed by atoms with Crippen molar-refractivity contribution in [3.05, 3.63) is 57.0 Å². The molecule has 0 radical (unpaired) electrons. The highest BCUT2D eigenvalue weighted by molar-refractivity contribution is 7.16. The molecule has 0 fully saturated rings. The number of hydrogen-bond acceptors (Lipinski definition) is 4. The molecule has 5 nitrogen and oxygen atoms in total. The first-order valence-corrected chi connectivity index (χ1v) is 7.14. The number of halogens is 1. The third-order valence-corrected chi connectivity index (χ3v) is 3.74. The van der Waals surface area contributed by atoms with Crippen molar-refractivity contribution >= 4 is 40.9 Å². The zero-order valence-corrected chi connectivity index (χ0v) is 12.3. The molecule has 0 saturated carbocycles. The summed E-state index contributed by atoms with van der Waals surface area (Å²) < 4.78 is 0.655. The van der Waals surface area contributed by atoms with E-state index >= 15 is 0 Å². The standard InChI is InChI=1S/C14H11ClN2O3S/c15-11-5-4-10(21-11)8-17-14(20)13-9(2-1-7-16-13)3-6-12(18)19/h1-7H,8H2,(H,17,20)(H,18,19)/b6-3+. The maximum atomic E-state index is 12.1. The SMILES string of the molecule is O=C(O)/C=C/c1cccnc1C(=O)NCc1ccc(Cl)s1. The summed E-state index contributed by atoms with van der Waals surface area (Å²) >= 11 is 7.20. The number of carbonyl (C=O) groups is 2. The molecule has 1 amide bonds. The quantitative estimate of drug-likeness (QED) is 0.830. The van der Waals surface area contributed by atoms with E-state index in [1.807, 2.05) is 6.07 Å². The van der Waals surface area contributed by atoms with E-state index in [4.69, 9.17) is 16.7 Å². The molecular weight excluding hydrogens is 312 g/mol. The molecule has 2 rings (SSSR count). The van der Waals surface area contributed by atoms with Gasteiger partial charge in [-0.25, -0.2) is 4.79 Å². The summed E-state index contributed by atoms with van der Waals surface area (Å²) in [5.41, 5.74) is 0.624. The summed E-state index contributed by atoms with van der Waals surface area (Å²) in [4.78, 5) is 27.6. The van der Waals surface area contributed by atoms with Crippen LogP contribution in [-0.2, 0) is 11.3 Å². The lowest BCUT2D eigenvalue weighted by molar-refractivity contribution is -0.131. The Hall–Kier alpha value is -2.18. The van der Waals surface area contributed by atoms with E-state index in [0.29, 0.717) is 16.4 Å². The average Bonchev–Trinajstić information content (AvgIpc) is 2.88. The van der Waals surface area contributed by atoms with Crippen molar-refractivity contribution in [2.75, 3.05) is 0 Å². The molecule has 2 heterocycles. The Labute approximate surface area is 129 Å². The lowest BCUT2D eigenvalue weighted by Gasteiger charge is -2.05. The van der Waals surface area contributed by atoms with Gasteiger partial charge in [-0.3, -0.25) is 9.78 Å². The molecule has 0 aromatic carbocycles. The lowest BCUT2D eigenvalue weighted by atomic mass is 10.1. The van der Waals surface area contributed by atoms with Crippen LogP contribution < -0.4 is 5.32 Å². The summed E-state index contributed by atoms with van der Waals surface area (Å²) in [5, 5.41) is 11.4. The van der Waals surface area contributed by atoms with Crippen LogP contribution in [0.2, 0.25) is 4.34 Å². The summed E-state index contributed by atoms with van der Waals surface area (Å²) in [5.74, 6) is -1.46. The number of carboxylic acids is 1. The Balaban J connectivity index is 2.10. The Bertz CT molecular complexity index is 697. The number of hydrogen-bond donors (Lipinski definition) is 2. The van der Waals surface area contributed by atoms with Crippen molar-refractivity contribution in [1.29, 1.82) is 0 Å². The largest absolute Gasteiger partial charge is 0.478 e. The van der Waals surface area contributed by atoms with Crippen LogP contribution in [-0.4, -0.2) is 22.0 Å². The van der Waals surface area contributed by atoms with E-state index in [1.54, 1.807) is 18.2 Å². The Morgan fingerprint density at radius 2 is 2.19 bits per heavy atom. The molecule has 108 valence electrons. The van der Waals surface area contributed by atoms with Crippen molar-refractivity contribution in [2.24, 2.45) is 0 Å². The molecule has 0 spiro atoms. The van der Waals surface area contributed by atoms with Crippen LogP contribution in [0, 0.1) is 0 Å². The Morgan fingerprint density at radius 3 is 2.86 bits per heavy atom. The number of amides is 1. The van der Waals surface area contributed by atoms with Crippen LogP contribution in [0.15, 0.2) is 36.5 Å². The van der Waals surface area contributed by atoms with Gasteiger partial charge in [0, 0.05) is 22.7 Å². The van der Waals surface area contributed by atoms with Crippen LogP contribution in [0.4, 0.5) is 0 Å². The zero-order chi connectivity index (χ0) is 15.2. The molecule has 2 aromatic rings. The second kappa shape index (κ2) is 7.01. The second-order valence-corrected chi connectivity index (χ2v) is 5.80. The average molecular weight is 323 g/mol. The van der Waals surface area contributed by atoms with E-state index in [2.05, 4.69) is 10.3 Å². The number of rotatable bonds is 5. The van der Waals surface area contributed by atoms with Gasteiger partial charge in [0.2, 0.25) is 0 Å². The third kappa shape index (κ3) is 4.40. The number of aliphatic carboxylic acids is 1. The highest BCUT2D eigenvalue weighted by Gasteiger charge is 2.11. The number of aromatic nitrogens is 1. The van der Waals surface area contributed by atoms with Gasteiger partial charge in [0.25, 0.3) is 5.91 Å². The minimum atomic E-state index is -1.08. The van der Waals surface area contributed by atoms with Crippen LogP contribution in [0.25, 0.3) is 6.08 Å². The van der Waals surface area contributed by atoms with Gasteiger partial charge in [-0.15, -0.1) is 11.3 Å². The summed E-state index contributed by atoms with van der Waals surface area (Å²) in [7, 11) is 0. The summed E-state index contributed by atoms with van der Waals surface area (Å²) in [6.07, 6.45) is 3.79. The molecule has 2 aromatic heterocycles. The zero-order valence-electron chi connectivity index (χ0n) is 10.7. The number of carbonyl (C=O) groups excluding carboxylic acids is 1. The highest BCUT2D eigenvalue weighted by atomic mass is 35.5. The molecule has 0 bridgehead atoms. The van der Waals surface area contributed by atoms with Gasteiger partial charge in [0.15, 0.2) is 0 Å². The fourth-order valence-electron chi connectivity index (χ4n) is 1.60. The molecule has 0 atom stereocenters. The van der Waals surface area contributed by atoms with Crippen molar-refractivity contribution in [3.63, 3.8) is 0 Å². The van der Waals surface area contributed by atoms with Crippen LogP contribution in [0.1, 0.15) is 20.9 Å². The van der Waals surface area contributed by atoms with Gasteiger partial charge >= 0.3 is 5.97 Å². The summed E-state index contributed by atoms with van der Waals surface area (Å²) in [6.45, 7) is 0.342. The number of carboxylic acid groups (broad SMARTS) is 1. The number of thiophene rings is 1. The molecule has 7 heteroatoms. The fourth-order valence-corrected chi connectivity index (χ4v) is 2.63. The highest BCUT2D eigenvalue weighted by Crippen LogP contribution is 2.21. The molecule has 21 heavy (non-hydrogen) atoms. The molecule has 0 aliphatic carbocycles. The molecule has 0 aliphatic heterocycles. The van der Waals surface area contributed by atoms with Crippen molar-refractivity contribution in [1.82, 2.24) is 10.3 Å². The maximum Gasteiger partial charge on any atom is 0.328 e. The predicted octanol–water partition coefficient (Wildman–Crippen LogP) is 2.82. The van der Waals surface area contributed by atoms with E-state index in [0.717, 1.165) is 11.0 Å². The first kappa shape index (κ1) is 15.2. The summed E-state index contributed by atoms with van der Waals surface area (Å²) in [6, 6.07) is 6.85. The van der Waals surface area contributed by atoms with Gasteiger partial charge in [-0.1, -0.05) is 17.7 Å². The first-order valence-electron chi connectivity index (χ1n) is 5.94. The lowest BCUT2D eigenvalue weighted by Crippen LogP contribution is -2.24. The Morgan fingerprint density at radius 1 is 1.38 bits per heavy atom. The van der Waals surface area contributed by atoms with Gasteiger partial charge in [0.1, 0.15) is 5.69 Å². The molecule has 0 unspecified atom stereocenters. The first-order chi connectivity index (χ1) is 10.1. The van der Waals surface area contributed by atoms with Gasteiger partial charge in [-0.2, -0.15) is 0 Å². The number of pyridine rings is 1. The van der Waals surface area contributed by atoms with E-state index in [1.165, 1.54) is 23.6 Å². The van der Waals surface area contributed by atoms with E-state index in [9.17, 15) is 9.59 Å². The topological polar surface area (TPSA) is 79.3 Å². The van der Waals surface area contributed by atoms with E-state index in [-0.39, 0.29) is 11.6 Å². The minimum Gasteiger partial charge on any atom is -0.478 e. The molecule has 0 aliphatic rings. The fraction of sp³-hybridized carbons (Fsp3) is 0.0714. The second-order valence-electron chi connectivity index (χ2n) is 4.00. The van der Waals surface area contributed by atoms with E-state index < -0.39 is 5.97 Å².